The molecule has 1 N–H and O–H groups in total. The van der Waals surface area contributed by atoms with Gasteiger partial charge in [0.1, 0.15) is 5.75 Å². The van der Waals surface area contributed by atoms with Crippen molar-refractivity contribution in [3.05, 3.63) is 60.2 Å². The van der Waals surface area contributed by atoms with Gasteiger partial charge in [0.2, 0.25) is 5.78 Å². The van der Waals surface area contributed by atoms with Gasteiger partial charge in [-0.05, 0) is 12.1 Å². The highest BCUT2D eigenvalue weighted by molar-refractivity contribution is 6.85. The highest BCUT2D eigenvalue weighted by Gasteiger charge is 2.11. The fourth-order valence-corrected chi connectivity index (χ4v) is 1.76. The second kappa shape index (κ2) is 6.73. The molecular formula is C15H13ClN2O2. The second-order valence-electron chi connectivity index (χ2n) is 3.91. The summed E-state index contributed by atoms with van der Waals surface area (Å²) in [4.78, 5) is 12.0. The van der Waals surface area contributed by atoms with Crippen LogP contribution in [0.1, 0.15) is 10.4 Å². The van der Waals surface area contributed by atoms with Crippen molar-refractivity contribution in [2.75, 3.05) is 12.5 Å². The number of hydrogen-bond acceptors (Lipinski definition) is 4. The third kappa shape index (κ3) is 3.36. The number of nitrogens with zero attached hydrogens (tertiary/aromatic N) is 1. The van der Waals surface area contributed by atoms with Crippen LogP contribution in [-0.2, 0) is 0 Å². The fourth-order valence-electron chi connectivity index (χ4n) is 1.61. The predicted octanol–water partition coefficient (Wildman–Crippen LogP) is 3.54. The van der Waals surface area contributed by atoms with Crippen molar-refractivity contribution in [3.63, 3.8) is 0 Å². The van der Waals surface area contributed by atoms with Gasteiger partial charge in [-0.25, -0.2) is 0 Å². The van der Waals surface area contributed by atoms with Gasteiger partial charge in [0.15, 0.2) is 5.17 Å². The van der Waals surface area contributed by atoms with Crippen LogP contribution in [0.5, 0.6) is 5.75 Å². The summed E-state index contributed by atoms with van der Waals surface area (Å²) in [7, 11) is 1.56. The van der Waals surface area contributed by atoms with Crippen molar-refractivity contribution in [2.45, 2.75) is 0 Å². The molecule has 20 heavy (non-hydrogen) atoms. The molecule has 0 fully saturated rings. The Labute approximate surface area is 122 Å². The molecule has 2 aromatic carbocycles. The normalized spacial score (nSPS) is 11.0. The molecular weight excluding hydrogens is 276 g/mol. The van der Waals surface area contributed by atoms with Crippen molar-refractivity contribution >= 4 is 28.2 Å². The second-order valence-corrected chi connectivity index (χ2v) is 4.27. The first-order valence-electron chi connectivity index (χ1n) is 5.94. The van der Waals surface area contributed by atoms with Crippen LogP contribution in [-0.4, -0.2) is 18.1 Å². The minimum Gasteiger partial charge on any atom is -0.495 e. The average molecular weight is 289 g/mol. The zero-order valence-electron chi connectivity index (χ0n) is 10.8. The summed E-state index contributed by atoms with van der Waals surface area (Å²) in [5.74, 6) is 0.280. The number of ether oxygens (including phenoxy) is 1. The molecule has 0 unspecified atom stereocenters. The number of rotatable bonds is 5. The molecule has 2 rings (SSSR count). The summed E-state index contributed by atoms with van der Waals surface area (Å²) in [5.41, 5.74) is 3.85. The van der Waals surface area contributed by atoms with Crippen LogP contribution >= 0.6 is 11.6 Å². The van der Waals surface area contributed by atoms with E-state index in [1.54, 1.807) is 43.5 Å². The summed E-state index contributed by atoms with van der Waals surface area (Å²) >= 11 is 5.91. The number of methoxy groups -OCH3 is 1. The Bertz CT molecular complexity index is 627. The largest absolute Gasteiger partial charge is 0.495 e. The Morgan fingerprint density at radius 1 is 1.10 bits per heavy atom. The lowest BCUT2D eigenvalue weighted by molar-refractivity contribution is 0.106. The number of carbonyl (C=O) groups excluding carboxylic acids is 1. The number of carbonyl (C=O) groups is 1. The zero-order valence-corrected chi connectivity index (χ0v) is 11.6. The smallest absolute Gasteiger partial charge is 0.224 e. The lowest BCUT2D eigenvalue weighted by Gasteiger charge is -2.07. The van der Waals surface area contributed by atoms with Gasteiger partial charge in [0, 0.05) is 5.56 Å². The Hall–Kier alpha value is -2.33. The molecule has 0 heterocycles. The minimum atomic E-state index is -0.338. The van der Waals surface area contributed by atoms with Gasteiger partial charge in [0.05, 0.1) is 12.8 Å². The lowest BCUT2D eigenvalue weighted by atomic mass is 10.1. The number of halogens is 1. The number of benzene rings is 2. The molecule has 0 saturated heterocycles. The molecule has 0 aliphatic heterocycles. The molecule has 4 nitrogen and oxygen atoms in total. The van der Waals surface area contributed by atoms with Crippen LogP contribution in [0.4, 0.5) is 5.69 Å². The van der Waals surface area contributed by atoms with Gasteiger partial charge in [-0.3, -0.25) is 10.2 Å². The summed E-state index contributed by atoms with van der Waals surface area (Å²) in [6, 6.07) is 16.0. The highest BCUT2D eigenvalue weighted by atomic mass is 35.5. The maximum absolute atomic E-state index is 12.0. The van der Waals surface area contributed by atoms with Gasteiger partial charge in [-0.1, -0.05) is 54.1 Å². The topological polar surface area (TPSA) is 50.7 Å². The van der Waals surface area contributed by atoms with E-state index in [-0.39, 0.29) is 11.0 Å². The van der Waals surface area contributed by atoms with E-state index in [9.17, 15) is 4.79 Å². The number of hydrogen-bond donors (Lipinski definition) is 1. The van der Waals surface area contributed by atoms with Gasteiger partial charge < -0.3 is 4.74 Å². The van der Waals surface area contributed by atoms with E-state index in [1.807, 2.05) is 18.2 Å². The molecule has 0 amide bonds. The maximum atomic E-state index is 12.0. The molecule has 0 atom stereocenters. The Morgan fingerprint density at radius 3 is 2.45 bits per heavy atom. The number of Topliss-reactive ketones (excluding diaryl/α,β-unsaturated/α-hetero) is 1. The first-order chi connectivity index (χ1) is 9.72. The van der Waals surface area contributed by atoms with E-state index >= 15 is 0 Å². The first-order valence-corrected chi connectivity index (χ1v) is 6.32. The van der Waals surface area contributed by atoms with Crippen LogP contribution in [0.3, 0.4) is 0 Å². The molecule has 0 radical (unpaired) electrons. The van der Waals surface area contributed by atoms with Crippen LogP contribution in [0.25, 0.3) is 0 Å². The van der Waals surface area contributed by atoms with Gasteiger partial charge >= 0.3 is 0 Å². The summed E-state index contributed by atoms with van der Waals surface area (Å²) in [6.45, 7) is 0. The van der Waals surface area contributed by atoms with Crippen LogP contribution < -0.4 is 10.2 Å². The van der Waals surface area contributed by atoms with E-state index in [1.165, 1.54) is 0 Å². The van der Waals surface area contributed by atoms with Crippen molar-refractivity contribution in [2.24, 2.45) is 5.10 Å². The number of hydrazone groups is 1. The molecule has 102 valence electrons. The van der Waals surface area contributed by atoms with Crippen LogP contribution in [0.15, 0.2) is 59.7 Å². The third-order valence-electron chi connectivity index (χ3n) is 2.60. The summed E-state index contributed by atoms with van der Waals surface area (Å²) < 4.78 is 5.16. The fraction of sp³-hybridized carbons (Fsp3) is 0.0667. The summed E-state index contributed by atoms with van der Waals surface area (Å²) in [6.07, 6.45) is 0. The van der Waals surface area contributed by atoms with Crippen LogP contribution in [0.2, 0.25) is 0 Å². The number of ketones is 1. The molecule has 0 saturated carbocycles. The monoisotopic (exact) mass is 288 g/mol. The van der Waals surface area contributed by atoms with Crippen molar-refractivity contribution in [1.29, 1.82) is 0 Å². The Morgan fingerprint density at radius 2 is 1.75 bits per heavy atom. The van der Waals surface area contributed by atoms with Gasteiger partial charge in [0.25, 0.3) is 0 Å². The van der Waals surface area contributed by atoms with E-state index in [0.717, 1.165) is 0 Å². The number of anilines is 1. The van der Waals surface area contributed by atoms with Gasteiger partial charge in [-0.15, -0.1) is 0 Å². The van der Waals surface area contributed by atoms with E-state index in [2.05, 4.69) is 10.5 Å². The van der Waals surface area contributed by atoms with E-state index in [4.69, 9.17) is 16.3 Å². The third-order valence-corrected chi connectivity index (χ3v) is 2.86. The zero-order chi connectivity index (χ0) is 14.4. The Balaban J connectivity index is 2.13. The molecule has 0 aliphatic rings. The molecule has 0 aliphatic carbocycles. The lowest BCUT2D eigenvalue weighted by Crippen LogP contribution is -2.10. The first kappa shape index (κ1) is 14.1. The van der Waals surface area contributed by atoms with E-state index < -0.39 is 0 Å². The summed E-state index contributed by atoms with van der Waals surface area (Å²) in [5, 5.41) is 3.74. The minimum absolute atomic E-state index is 0.137. The molecule has 2 aromatic rings. The number of para-hydroxylation sites is 2. The standard InChI is InChI=1S/C15H13ClN2O2/c1-20-13-10-6-5-9-12(13)17-18-15(16)14(19)11-7-3-2-4-8-11/h2-10,17H,1H3/b18-15-. The molecule has 0 bridgehead atoms. The predicted molar refractivity (Wildman–Crippen MR) is 80.7 cm³/mol. The van der Waals surface area contributed by atoms with Crippen molar-refractivity contribution in [3.8, 4) is 5.75 Å². The van der Waals surface area contributed by atoms with Crippen molar-refractivity contribution < 1.29 is 9.53 Å². The molecule has 0 spiro atoms. The maximum Gasteiger partial charge on any atom is 0.224 e. The number of nitrogens with one attached hydrogen (secondary N) is 1. The average Bonchev–Trinajstić information content (AvgIpc) is 2.53. The highest BCUT2D eigenvalue weighted by Crippen LogP contribution is 2.23. The van der Waals surface area contributed by atoms with Crippen molar-refractivity contribution in [1.82, 2.24) is 0 Å². The van der Waals surface area contributed by atoms with Gasteiger partial charge in [-0.2, -0.15) is 5.10 Å². The quantitative estimate of drug-likeness (QED) is 0.520. The van der Waals surface area contributed by atoms with Crippen LogP contribution in [0, 0.1) is 0 Å². The molecule has 0 aromatic heterocycles. The van der Waals surface area contributed by atoms with E-state index in [0.29, 0.717) is 17.0 Å². The SMILES string of the molecule is COc1ccccc1N/N=C(\Cl)C(=O)c1ccccc1. The Kier molecular flexibility index (Phi) is 4.74. The molecule has 5 heteroatoms.